The highest BCUT2D eigenvalue weighted by molar-refractivity contribution is 7.80. The van der Waals surface area contributed by atoms with Crippen LogP contribution in [0.15, 0.2) is 0 Å². The average molecular weight is 1030 g/mol. The fourth-order valence-corrected chi connectivity index (χ4v) is 7.68. The van der Waals surface area contributed by atoms with Gasteiger partial charge in [0.2, 0.25) is 59.1 Å². The van der Waals surface area contributed by atoms with Crippen LogP contribution in [0.2, 0.25) is 0 Å². The molecule has 24 nitrogen and oxygen atoms in total. The van der Waals surface area contributed by atoms with Crippen LogP contribution in [0, 0.1) is 23.7 Å². The molecule has 0 spiro atoms. The first-order valence-electron chi connectivity index (χ1n) is 23.6. The number of hydrogen-bond acceptors (Lipinski definition) is 15. The molecule has 10 amide bonds. The Bertz CT molecular complexity index is 1840. The molecule has 1 aliphatic heterocycles. The molecule has 0 unspecified atom stereocenters. The van der Waals surface area contributed by atoms with E-state index < -0.39 is 150 Å². The van der Waals surface area contributed by atoms with Crippen molar-refractivity contribution < 1.29 is 63.0 Å². The quantitative estimate of drug-likeness (QED) is 0.0314. The van der Waals surface area contributed by atoms with Crippen molar-refractivity contribution in [3.8, 4) is 0 Å². The van der Waals surface area contributed by atoms with Crippen molar-refractivity contribution >= 4 is 90.3 Å². The molecule has 1 saturated heterocycles. The lowest BCUT2D eigenvalue weighted by Crippen LogP contribution is -2.61. The standard InChI is InChI=1S/C44H77N11O13S2/c1-10-23(7)34(51-32(59)18-47-37(60)26(15-21(3)4)48-42(65)36(25(9)56)52-31(58)17-46-30(57)16-45)41(64)53-33(22(5)6)39(62)49-27(19-69)43(66)55-14-12-13-29(55)38(61)54-35(24(8)11-2)40(63)50-28(20-70)44(67)68/h21-29,33-36,56,69-70H,10-20,45H2,1-9H3,(H,46,57)(H,47,60)(H,48,65)(H,49,62)(H,50,63)(H,51,59)(H,52,58)(H,53,64)(H,54,61)(H,67,68)/t23-,24-,25+,26-,27-,28-,29-,33-,34-,35-,36-/m0/s1. The minimum Gasteiger partial charge on any atom is -0.480 e. The van der Waals surface area contributed by atoms with Gasteiger partial charge in [0, 0.05) is 18.1 Å². The Kier molecular flexibility index (Phi) is 28.0. The number of aliphatic hydroxyl groups excluding tert-OH is 1. The van der Waals surface area contributed by atoms with Gasteiger partial charge in [-0.25, -0.2) is 4.79 Å². The van der Waals surface area contributed by atoms with Crippen molar-refractivity contribution in [2.45, 2.75) is 149 Å². The normalized spacial score (nSPS) is 17.7. The Morgan fingerprint density at radius 3 is 1.56 bits per heavy atom. The number of carbonyl (C=O) groups excluding carboxylic acids is 10. The minimum atomic E-state index is -1.52. The molecular formula is C44H77N11O13S2. The number of nitrogens with one attached hydrogen (secondary N) is 9. The van der Waals surface area contributed by atoms with E-state index in [0.29, 0.717) is 19.3 Å². The molecule has 1 fully saturated rings. The fourth-order valence-electron chi connectivity index (χ4n) is 7.19. The highest BCUT2D eigenvalue weighted by Gasteiger charge is 2.41. The smallest absolute Gasteiger partial charge is 0.327 e. The molecule has 1 aliphatic rings. The summed E-state index contributed by atoms with van der Waals surface area (Å²) in [5.74, 6) is -10.7. The first-order valence-corrected chi connectivity index (χ1v) is 24.8. The second-order valence-corrected chi connectivity index (χ2v) is 19.0. The van der Waals surface area contributed by atoms with E-state index in [-0.39, 0.29) is 43.4 Å². The Balaban J connectivity index is 3.13. The van der Waals surface area contributed by atoms with E-state index in [1.165, 1.54) is 11.8 Å². The molecule has 0 aromatic carbocycles. The number of nitrogens with two attached hydrogens (primary N) is 1. The number of rotatable bonds is 30. The van der Waals surface area contributed by atoms with E-state index >= 15 is 0 Å². The Morgan fingerprint density at radius 1 is 0.600 bits per heavy atom. The maximum Gasteiger partial charge on any atom is 0.327 e. The maximum absolute atomic E-state index is 14.0. The molecule has 1 heterocycles. The van der Waals surface area contributed by atoms with Gasteiger partial charge in [0.25, 0.3) is 0 Å². The first kappa shape index (κ1) is 62.8. The number of aliphatic carboxylic acids is 1. The second kappa shape index (κ2) is 31.2. The third kappa shape index (κ3) is 20.3. The number of hydrogen-bond donors (Lipinski definition) is 14. The summed E-state index contributed by atoms with van der Waals surface area (Å²) in [6.45, 7) is 13.7. The van der Waals surface area contributed by atoms with Crippen LogP contribution in [0.5, 0.6) is 0 Å². The molecule has 0 aromatic rings. The molecule has 0 aromatic heterocycles. The van der Waals surface area contributed by atoms with Crippen LogP contribution in [-0.2, 0) is 52.7 Å². The van der Waals surface area contributed by atoms with Crippen molar-refractivity contribution in [3.63, 3.8) is 0 Å². The van der Waals surface area contributed by atoms with Gasteiger partial charge < -0.3 is 68.7 Å². The van der Waals surface area contributed by atoms with Crippen LogP contribution < -0.4 is 53.6 Å². The largest absolute Gasteiger partial charge is 0.480 e. The molecule has 398 valence electrons. The predicted molar refractivity (Wildman–Crippen MR) is 264 cm³/mol. The van der Waals surface area contributed by atoms with Crippen molar-refractivity contribution in [1.29, 1.82) is 0 Å². The van der Waals surface area contributed by atoms with Gasteiger partial charge >= 0.3 is 5.97 Å². The number of carboxylic acid groups (broad SMARTS) is 1. The zero-order valence-electron chi connectivity index (χ0n) is 41.6. The zero-order valence-corrected chi connectivity index (χ0v) is 43.4. The van der Waals surface area contributed by atoms with Gasteiger partial charge in [-0.2, -0.15) is 25.3 Å². The lowest BCUT2D eigenvalue weighted by molar-refractivity contribution is -0.143. The summed E-state index contributed by atoms with van der Waals surface area (Å²) in [6, 6.07) is -9.89. The third-order valence-corrected chi connectivity index (χ3v) is 12.5. The highest BCUT2D eigenvalue weighted by atomic mass is 32.1. The molecule has 0 saturated carbocycles. The molecule has 70 heavy (non-hydrogen) atoms. The molecule has 1 rings (SSSR count). The number of thiol groups is 2. The summed E-state index contributed by atoms with van der Waals surface area (Å²) in [4.78, 5) is 145. The van der Waals surface area contributed by atoms with Gasteiger partial charge in [-0.05, 0) is 49.9 Å². The lowest BCUT2D eigenvalue weighted by Gasteiger charge is -2.32. The Hall–Kier alpha value is -5.21. The number of aliphatic hydroxyl groups is 1. The molecular weight excluding hydrogens is 955 g/mol. The number of amides is 10. The number of nitrogens with zero attached hydrogens (tertiary/aromatic N) is 1. The fraction of sp³-hybridized carbons (Fsp3) is 0.750. The van der Waals surface area contributed by atoms with Gasteiger partial charge in [0.15, 0.2) is 0 Å². The summed E-state index contributed by atoms with van der Waals surface area (Å²) < 4.78 is 0. The molecule has 13 N–H and O–H groups in total. The van der Waals surface area contributed by atoms with Crippen molar-refractivity contribution in [3.05, 3.63) is 0 Å². The van der Waals surface area contributed by atoms with Crippen LogP contribution in [0.25, 0.3) is 0 Å². The predicted octanol–water partition coefficient (Wildman–Crippen LogP) is -3.32. The van der Waals surface area contributed by atoms with E-state index in [0.717, 1.165) is 0 Å². The zero-order chi connectivity index (χ0) is 53.6. The van der Waals surface area contributed by atoms with Gasteiger partial charge in [-0.1, -0.05) is 68.2 Å². The Labute approximate surface area is 420 Å². The summed E-state index contributed by atoms with van der Waals surface area (Å²) in [7, 11) is 0. The lowest BCUT2D eigenvalue weighted by atomic mass is 9.96. The number of carbonyl (C=O) groups is 11. The summed E-state index contributed by atoms with van der Waals surface area (Å²) in [5, 5.41) is 42.2. The maximum atomic E-state index is 14.0. The molecule has 0 radical (unpaired) electrons. The van der Waals surface area contributed by atoms with E-state index in [2.05, 4.69) is 73.1 Å². The Morgan fingerprint density at radius 2 is 1.07 bits per heavy atom. The summed E-state index contributed by atoms with van der Waals surface area (Å²) in [6.07, 6.45) is 0.193. The third-order valence-electron chi connectivity index (χ3n) is 11.8. The molecule has 11 atom stereocenters. The van der Waals surface area contributed by atoms with Crippen molar-refractivity contribution in [2.24, 2.45) is 29.4 Å². The monoisotopic (exact) mass is 1030 g/mol. The summed E-state index contributed by atoms with van der Waals surface area (Å²) in [5.41, 5.74) is 5.22. The minimum absolute atomic E-state index is 0.0877. The van der Waals surface area contributed by atoms with Crippen LogP contribution in [-0.4, -0.2) is 172 Å². The van der Waals surface area contributed by atoms with Gasteiger partial charge in [-0.3, -0.25) is 47.9 Å². The van der Waals surface area contributed by atoms with Crippen LogP contribution in [0.3, 0.4) is 0 Å². The van der Waals surface area contributed by atoms with E-state index in [9.17, 15) is 63.0 Å². The second-order valence-electron chi connectivity index (χ2n) is 18.2. The van der Waals surface area contributed by atoms with Gasteiger partial charge in [-0.15, -0.1) is 0 Å². The average Bonchev–Trinajstić information content (AvgIpc) is 3.81. The van der Waals surface area contributed by atoms with E-state index in [1.54, 1.807) is 55.4 Å². The molecule has 0 aliphatic carbocycles. The van der Waals surface area contributed by atoms with E-state index in [1.807, 2.05) is 0 Å². The first-order chi connectivity index (χ1) is 32.8. The topological polar surface area (TPSA) is 366 Å². The van der Waals surface area contributed by atoms with Gasteiger partial charge in [0.05, 0.1) is 25.7 Å². The SMILES string of the molecule is CC[C@H](C)[C@H](NC(=O)CNC(=O)[C@H](CC(C)C)NC(=O)[C@@H](NC(=O)CNC(=O)CN)[C@@H](C)O)C(=O)N[C@H](C(=O)N[C@@H](CS)C(=O)N1CCC[C@H]1C(=O)N[C@H](C(=O)N[C@@H](CS)C(=O)O)[C@@H](C)CC)C(C)C. The van der Waals surface area contributed by atoms with E-state index in [4.69, 9.17) is 5.73 Å². The van der Waals surface area contributed by atoms with Crippen molar-refractivity contribution in [2.75, 3.05) is 37.7 Å². The van der Waals surface area contributed by atoms with Crippen LogP contribution in [0.1, 0.15) is 94.4 Å². The molecule has 26 heteroatoms. The van der Waals surface area contributed by atoms with Crippen LogP contribution in [0.4, 0.5) is 0 Å². The number of likely N-dealkylation sites (tertiary alicyclic amines) is 1. The summed E-state index contributed by atoms with van der Waals surface area (Å²) >= 11 is 8.30. The van der Waals surface area contributed by atoms with Gasteiger partial charge in [0.1, 0.15) is 48.3 Å². The van der Waals surface area contributed by atoms with Crippen LogP contribution >= 0.6 is 25.3 Å². The number of carboxylic acids is 1. The van der Waals surface area contributed by atoms with Crippen molar-refractivity contribution in [1.82, 2.24) is 52.8 Å². The molecule has 0 bridgehead atoms. The highest BCUT2D eigenvalue weighted by Crippen LogP contribution is 2.21.